The second kappa shape index (κ2) is 6.27. The molecule has 2 atom stereocenters. The average molecular weight is 333 g/mol. The summed E-state index contributed by atoms with van der Waals surface area (Å²) in [6.45, 7) is 4.28. The summed E-state index contributed by atoms with van der Waals surface area (Å²) < 4.78 is 5.55. The Morgan fingerprint density at radius 1 is 1.50 bits per heavy atom. The van der Waals surface area contributed by atoms with Crippen molar-refractivity contribution in [3.63, 3.8) is 0 Å². The van der Waals surface area contributed by atoms with E-state index in [1.807, 2.05) is 0 Å². The largest absolute Gasteiger partial charge is 0.379 e. The second-order valence-corrected chi connectivity index (χ2v) is 5.86. The van der Waals surface area contributed by atoms with Crippen molar-refractivity contribution in [2.45, 2.75) is 24.8 Å². The molecule has 2 rings (SSSR count). The summed E-state index contributed by atoms with van der Waals surface area (Å²) in [5.74, 6) is 0.628. The van der Waals surface area contributed by atoms with Crippen molar-refractivity contribution in [1.82, 2.24) is 0 Å². The van der Waals surface area contributed by atoms with Crippen molar-refractivity contribution < 1.29 is 4.74 Å². The molecule has 4 heteroatoms. The van der Waals surface area contributed by atoms with E-state index < -0.39 is 0 Å². The highest BCUT2D eigenvalue weighted by molar-refractivity contribution is 9.08. The minimum absolute atomic E-state index is 0.313. The first-order chi connectivity index (χ1) is 8.65. The molecule has 1 aliphatic heterocycles. The molecule has 1 heterocycles. The SMILES string of the molecule is COC1CN(c2ccc(CBr)c(Cl)c2)CCC1C. The van der Waals surface area contributed by atoms with Crippen molar-refractivity contribution in [2.75, 3.05) is 25.1 Å². The molecule has 1 saturated heterocycles. The highest BCUT2D eigenvalue weighted by Gasteiger charge is 2.26. The number of piperidine rings is 1. The molecule has 0 saturated carbocycles. The Labute approximate surface area is 122 Å². The van der Waals surface area contributed by atoms with Crippen LogP contribution in [0.3, 0.4) is 0 Å². The monoisotopic (exact) mass is 331 g/mol. The molecule has 1 aromatic rings. The van der Waals surface area contributed by atoms with Gasteiger partial charge in [0.2, 0.25) is 0 Å². The number of benzene rings is 1. The van der Waals surface area contributed by atoms with Gasteiger partial charge in [-0.3, -0.25) is 0 Å². The molecule has 2 unspecified atom stereocenters. The van der Waals surface area contributed by atoms with Crippen LogP contribution in [0.5, 0.6) is 0 Å². The first kappa shape index (κ1) is 14.2. The maximum absolute atomic E-state index is 6.26. The van der Waals surface area contributed by atoms with Crippen LogP contribution in [0.25, 0.3) is 0 Å². The number of halogens is 2. The molecule has 1 aliphatic rings. The van der Waals surface area contributed by atoms with E-state index in [1.54, 1.807) is 7.11 Å². The Morgan fingerprint density at radius 3 is 2.89 bits per heavy atom. The highest BCUT2D eigenvalue weighted by atomic mass is 79.9. The van der Waals surface area contributed by atoms with Crippen LogP contribution >= 0.6 is 27.5 Å². The lowest BCUT2D eigenvalue weighted by molar-refractivity contribution is 0.0498. The predicted octanol–water partition coefficient (Wildman–Crippen LogP) is 4.10. The average Bonchev–Trinajstić information content (AvgIpc) is 2.39. The zero-order valence-corrected chi connectivity index (χ0v) is 13.2. The first-order valence-corrected chi connectivity index (χ1v) is 7.77. The quantitative estimate of drug-likeness (QED) is 0.773. The normalized spacial score (nSPS) is 24.3. The number of hydrogen-bond acceptors (Lipinski definition) is 2. The third kappa shape index (κ3) is 3.01. The molecular weight excluding hydrogens is 314 g/mol. The Kier molecular flexibility index (Phi) is 4.93. The Bertz CT molecular complexity index is 413. The van der Waals surface area contributed by atoms with Gasteiger partial charge in [0.25, 0.3) is 0 Å². The number of methoxy groups -OCH3 is 1. The van der Waals surface area contributed by atoms with Gasteiger partial charge >= 0.3 is 0 Å². The molecule has 0 amide bonds. The van der Waals surface area contributed by atoms with Crippen molar-refractivity contribution in [3.05, 3.63) is 28.8 Å². The molecule has 0 N–H and O–H groups in total. The van der Waals surface area contributed by atoms with Gasteiger partial charge in [-0.2, -0.15) is 0 Å². The van der Waals surface area contributed by atoms with Gasteiger partial charge in [0, 0.05) is 36.2 Å². The lowest BCUT2D eigenvalue weighted by Gasteiger charge is -2.37. The number of nitrogens with zero attached hydrogens (tertiary/aromatic N) is 1. The lowest BCUT2D eigenvalue weighted by Crippen LogP contribution is -2.43. The van der Waals surface area contributed by atoms with Crippen LogP contribution in [0.1, 0.15) is 18.9 Å². The summed E-state index contributed by atoms with van der Waals surface area (Å²) in [6, 6.07) is 6.29. The molecule has 0 radical (unpaired) electrons. The van der Waals surface area contributed by atoms with Crippen molar-refractivity contribution in [2.24, 2.45) is 5.92 Å². The van der Waals surface area contributed by atoms with E-state index in [0.29, 0.717) is 12.0 Å². The Balaban J connectivity index is 2.14. The van der Waals surface area contributed by atoms with Gasteiger partial charge in [0.15, 0.2) is 0 Å². The van der Waals surface area contributed by atoms with Crippen LogP contribution in [-0.2, 0) is 10.1 Å². The Morgan fingerprint density at radius 2 is 2.28 bits per heavy atom. The summed E-state index contributed by atoms with van der Waals surface area (Å²) >= 11 is 9.70. The van der Waals surface area contributed by atoms with Crippen LogP contribution < -0.4 is 4.90 Å². The lowest BCUT2D eigenvalue weighted by atomic mass is 9.95. The van der Waals surface area contributed by atoms with Gasteiger partial charge in [0.1, 0.15) is 0 Å². The van der Waals surface area contributed by atoms with Gasteiger partial charge in [0.05, 0.1) is 6.10 Å². The number of anilines is 1. The molecule has 0 aliphatic carbocycles. The molecule has 0 bridgehead atoms. The number of ether oxygens (including phenoxy) is 1. The highest BCUT2D eigenvalue weighted by Crippen LogP contribution is 2.29. The van der Waals surface area contributed by atoms with Gasteiger partial charge in [-0.1, -0.05) is 40.5 Å². The van der Waals surface area contributed by atoms with E-state index in [9.17, 15) is 0 Å². The minimum Gasteiger partial charge on any atom is -0.379 e. The van der Waals surface area contributed by atoms with Crippen molar-refractivity contribution >= 4 is 33.2 Å². The van der Waals surface area contributed by atoms with Crippen LogP contribution in [0.4, 0.5) is 5.69 Å². The summed E-state index contributed by atoms with van der Waals surface area (Å²) in [4.78, 5) is 2.36. The van der Waals surface area contributed by atoms with E-state index in [1.165, 1.54) is 5.69 Å². The summed E-state index contributed by atoms with van der Waals surface area (Å²) in [7, 11) is 1.80. The van der Waals surface area contributed by atoms with Crippen LogP contribution in [-0.4, -0.2) is 26.3 Å². The fraction of sp³-hybridized carbons (Fsp3) is 0.571. The van der Waals surface area contributed by atoms with E-state index >= 15 is 0 Å². The molecule has 1 aromatic carbocycles. The van der Waals surface area contributed by atoms with Crippen LogP contribution in [0.15, 0.2) is 18.2 Å². The van der Waals surface area contributed by atoms with Gasteiger partial charge in [-0.05, 0) is 30.0 Å². The molecule has 0 aromatic heterocycles. The maximum atomic E-state index is 6.26. The molecule has 2 nitrogen and oxygen atoms in total. The fourth-order valence-electron chi connectivity index (χ4n) is 2.42. The standard InChI is InChI=1S/C14H19BrClNO/c1-10-5-6-17(9-14(10)18-2)12-4-3-11(8-15)13(16)7-12/h3-4,7,10,14H,5-6,8-9H2,1-2H3. The summed E-state index contributed by atoms with van der Waals surface area (Å²) in [5, 5.41) is 1.63. The molecule has 0 spiro atoms. The molecule has 100 valence electrons. The summed E-state index contributed by atoms with van der Waals surface area (Å²) in [6.07, 6.45) is 1.48. The van der Waals surface area contributed by atoms with Gasteiger partial charge < -0.3 is 9.64 Å². The van der Waals surface area contributed by atoms with Gasteiger partial charge in [-0.15, -0.1) is 0 Å². The zero-order chi connectivity index (χ0) is 13.1. The first-order valence-electron chi connectivity index (χ1n) is 6.28. The van der Waals surface area contributed by atoms with Crippen molar-refractivity contribution in [1.29, 1.82) is 0 Å². The molecular formula is C14H19BrClNO. The van der Waals surface area contributed by atoms with E-state index in [2.05, 4.69) is 46.0 Å². The number of hydrogen-bond donors (Lipinski definition) is 0. The smallest absolute Gasteiger partial charge is 0.0772 e. The number of alkyl halides is 1. The topological polar surface area (TPSA) is 12.5 Å². The second-order valence-electron chi connectivity index (χ2n) is 4.90. The van der Waals surface area contributed by atoms with Crippen LogP contribution in [0, 0.1) is 5.92 Å². The maximum Gasteiger partial charge on any atom is 0.0772 e. The number of rotatable bonds is 3. The van der Waals surface area contributed by atoms with Crippen LogP contribution in [0.2, 0.25) is 5.02 Å². The predicted molar refractivity (Wildman–Crippen MR) is 80.9 cm³/mol. The van der Waals surface area contributed by atoms with Crippen molar-refractivity contribution in [3.8, 4) is 0 Å². The zero-order valence-electron chi connectivity index (χ0n) is 10.8. The van der Waals surface area contributed by atoms with E-state index in [-0.39, 0.29) is 0 Å². The molecule has 1 fully saturated rings. The van der Waals surface area contributed by atoms with E-state index in [4.69, 9.17) is 16.3 Å². The minimum atomic E-state index is 0.313. The van der Waals surface area contributed by atoms with Gasteiger partial charge in [-0.25, -0.2) is 0 Å². The third-order valence-corrected chi connectivity index (χ3v) is 4.69. The summed E-state index contributed by atoms with van der Waals surface area (Å²) in [5.41, 5.74) is 2.33. The Hall–Kier alpha value is -0.250. The van der Waals surface area contributed by atoms with E-state index in [0.717, 1.165) is 35.4 Å². The fourth-order valence-corrected chi connectivity index (χ4v) is 3.31. The third-order valence-electron chi connectivity index (χ3n) is 3.74. The molecule has 18 heavy (non-hydrogen) atoms.